The molecule has 0 radical (unpaired) electrons. The van der Waals surface area contributed by atoms with Gasteiger partial charge in [0.1, 0.15) is 46.0 Å². The summed E-state index contributed by atoms with van der Waals surface area (Å²) in [6, 6.07) is 10.7. The quantitative estimate of drug-likeness (QED) is 0.135. The molecule has 12 heteroatoms. The first kappa shape index (κ1) is 29.4. The van der Waals surface area contributed by atoms with Gasteiger partial charge in [-0.1, -0.05) is 0 Å². The first-order valence-corrected chi connectivity index (χ1v) is 13.9. The Morgan fingerprint density at radius 2 is 0.900 bits per heavy atom. The summed E-state index contributed by atoms with van der Waals surface area (Å²) in [4.78, 5) is 25.8. The fraction of sp³-hybridized carbons (Fsp3) is 0.357. The first-order valence-electron chi connectivity index (χ1n) is 12.3. The van der Waals surface area contributed by atoms with Gasteiger partial charge in [-0.2, -0.15) is 0 Å². The molecule has 0 unspecified atom stereocenters. The Balaban J connectivity index is 1.11. The second-order valence-corrected chi connectivity index (χ2v) is 10.2. The third kappa shape index (κ3) is 6.76. The smallest absolute Gasteiger partial charge is 0.348 e. The van der Waals surface area contributed by atoms with Crippen molar-refractivity contribution < 1.29 is 47.5 Å². The van der Waals surface area contributed by atoms with Crippen LogP contribution in [0.1, 0.15) is 19.3 Å². The molecule has 2 aromatic carbocycles. The molecular weight excluding hydrogens is 560 g/mol. The van der Waals surface area contributed by atoms with E-state index in [-0.39, 0.29) is 26.4 Å². The van der Waals surface area contributed by atoms with E-state index in [1.54, 1.807) is 64.8 Å². The van der Waals surface area contributed by atoms with Crippen LogP contribution in [-0.2, 0) is 18.9 Å². The Morgan fingerprint density at radius 3 is 1.27 bits per heavy atom. The molecule has 10 nitrogen and oxygen atoms in total. The van der Waals surface area contributed by atoms with Crippen molar-refractivity contribution in [1.29, 1.82) is 0 Å². The minimum Gasteiger partial charge on any atom is -0.496 e. The molecule has 2 aromatic heterocycles. The van der Waals surface area contributed by atoms with Gasteiger partial charge < -0.3 is 37.9 Å². The Labute approximate surface area is 239 Å². The lowest BCUT2D eigenvalue weighted by Crippen LogP contribution is -2.14. The van der Waals surface area contributed by atoms with Crippen LogP contribution >= 0.6 is 22.7 Å². The highest BCUT2D eigenvalue weighted by atomic mass is 32.1. The maximum Gasteiger partial charge on any atom is 0.348 e. The van der Waals surface area contributed by atoms with Gasteiger partial charge in [0.25, 0.3) is 0 Å². The van der Waals surface area contributed by atoms with Crippen LogP contribution in [0.3, 0.4) is 0 Å². The summed E-state index contributed by atoms with van der Waals surface area (Å²) in [7, 11) is 6.31. The summed E-state index contributed by atoms with van der Waals surface area (Å²) in [6.45, 7) is 1.26. The van der Waals surface area contributed by atoms with Crippen molar-refractivity contribution >= 4 is 54.8 Å². The molecule has 0 saturated carbocycles. The standard InChI is InChI=1S/C28H30O10S2/c1-31-19-5-7-21(33-3)25-17(19)15-23(39-25)27(29)37-13-11-35-9-10-36-12-14-38-28(30)24-16-18-20(32-2)6-8-22(34-4)26(18)40-24/h5-8,15-16H,9-14H2,1-4H3. The summed E-state index contributed by atoms with van der Waals surface area (Å²) in [5.74, 6) is 1.76. The van der Waals surface area contributed by atoms with E-state index in [9.17, 15) is 9.59 Å². The number of thiophene rings is 2. The maximum absolute atomic E-state index is 12.5. The van der Waals surface area contributed by atoms with E-state index in [0.717, 1.165) is 20.2 Å². The molecule has 0 amide bonds. The van der Waals surface area contributed by atoms with Gasteiger partial charge in [-0.3, -0.25) is 0 Å². The van der Waals surface area contributed by atoms with E-state index >= 15 is 0 Å². The number of fused-ring (bicyclic) bond motifs is 2. The van der Waals surface area contributed by atoms with Crippen molar-refractivity contribution in [3.05, 3.63) is 46.2 Å². The number of rotatable bonds is 15. The second kappa shape index (κ2) is 14.2. The lowest BCUT2D eigenvalue weighted by atomic mass is 10.2. The number of esters is 2. The van der Waals surface area contributed by atoms with Crippen molar-refractivity contribution in [2.75, 3.05) is 68.1 Å². The van der Waals surface area contributed by atoms with Gasteiger partial charge in [-0.15, -0.1) is 22.7 Å². The number of hydrogen-bond acceptors (Lipinski definition) is 12. The molecule has 0 aliphatic carbocycles. The Bertz CT molecular complexity index is 1270. The summed E-state index contributed by atoms with van der Waals surface area (Å²) < 4.78 is 44.7. The van der Waals surface area contributed by atoms with Crippen LogP contribution in [0.25, 0.3) is 20.2 Å². The number of benzene rings is 2. The highest BCUT2D eigenvalue weighted by molar-refractivity contribution is 7.21. The summed E-state index contributed by atoms with van der Waals surface area (Å²) >= 11 is 2.57. The molecule has 0 N–H and O–H groups in total. The average Bonchev–Trinajstić information content (AvgIpc) is 3.63. The molecular formula is C28H30O10S2. The van der Waals surface area contributed by atoms with E-state index in [2.05, 4.69) is 0 Å². The molecule has 214 valence electrons. The lowest BCUT2D eigenvalue weighted by Gasteiger charge is -2.07. The number of carbonyl (C=O) groups excluding carboxylic acids is 2. The van der Waals surface area contributed by atoms with Crippen molar-refractivity contribution in [3.63, 3.8) is 0 Å². The Kier molecular flexibility index (Phi) is 10.4. The van der Waals surface area contributed by atoms with Crippen molar-refractivity contribution in [1.82, 2.24) is 0 Å². The van der Waals surface area contributed by atoms with Gasteiger partial charge in [0.15, 0.2) is 0 Å². The largest absolute Gasteiger partial charge is 0.496 e. The van der Waals surface area contributed by atoms with Crippen molar-refractivity contribution in [2.45, 2.75) is 0 Å². The topological polar surface area (TPSA) is 108 Å². The lowest BCUT2D eigenvalue weighted by molar-refractivity contribution is 0.00256. The van der Waals surface area contributed by atoms with Crippen LogP contribution in [-0.4, -0.2) is 80.0 Å². The number of ether oxygens (including phenoxy) is 8. The van der Waals surface area contributed by atoms with E-state index in [0.29, 0.717) is 46.0 Å². The Morgan fingerprint density at radius 1 is 0.550 bits per heavy atom. The molecule has 4 aromatic rings. The first-order chi connectivity index (χ1) is 19.5. The van der Waals surface area contributed by atoms with Crippen LogP contribution in [0.15, 0.2) is 36.4 Å². The molecule has 0 fully saturated rings. The summed E-state index contributed by atoms with van der Waals surface area (Å²) in [5.41, 5.74) is 0. The number of methoxy groups -OCH3 is 4. The normalized spacial score (nSPS) is 11.0. The summed E-state index contributed by atoms with van der Waals surface area (Å²) in [6.07, 6.45) is 0. The predicted molar refractivity (Wildman–Crippen MR) is 152 cm³/mol. The molecule has 0 spiro atoms. The molecule has 2 heterocycles. The van der Waals surface area contributed by atoms with E-state index in [1.165, 1.54) is 22.7 Å². The van der Waals surface area contributed by atoms with Crippen molar-refractivity contribution in [3.8, 4) is 23.0 Å². The minimum atomic E-state index is -0.442. The summed E-state index contributed by atoms with van der Waals surface area (Å²) in [5, 5.41) is 1.59. The van der Waals surface area contributed by atoms with Crippen LogP contribution in [0.2, 0.25) is 0 Å². The van der Waals surface area contributed by atoms with Crippen molar-refractivity contribution in [2.24, 2.45) is 0 Å². The van der Waals surface area contributed by atoms with Crippen LogP contribution in [0.5, 0.6) is 23.0 Å². The van der Waals surface area contributed by atoms with E-state index in [4.69, 9.17) is 37.9 Å². The van der Waals surface area contributed by atoms with Gasteiger partial charge in [0, 0.05) is 10.8 Å². The molecule has 0 aliphatic rings. The fourth-order valence-electron chi connectivity index (χ4n) is 3.88. The van der Waals surface area contributed by atoms with Gasteiger partial charge >= 0.3 is 11.9 Å². The van der Waals surface area contributed by atoms with E-state index < -0.39 is 11.9 Å². The molecule has 40 heavy (non-hydrogen) atoms. The zero-order chi connectivity index (χ0) is 28.5. The molecule has 0 saturated heterocycles. The fourth-order valence-corrected chi connectivity index (χ4v) is 6.00. The number of carbonyl (C=O) groups is 2. The highest BCUT2D eigenvalue weighted by Crippen LogP contribution is 2.40. The Hall–Kier alpha value is -3.58. The van der Waals surface area contributed by atoms with Gasteiger partial charge in [-0.25, -0.2) is 9.59 Å². The van der Waals surface area contributed by atoms with Gasteiger partial charge in [-0.05, 0) is 36.4 Å². The second-order valence-electron chi connectivity index (χ2n) is 8.14. The van der Waals surface area contributed by atoms with Crippen LogP contribution < -0.4 is 18.9 Å². The zero-order valence-corrected chi connectivity index (χ0v) is 24.2. The predicted octanol–water partition coefficient (Wildman–Crippen LogP) is 5.20. The molecule has 0 atom stereocenters. The monoisotopic (exact) mass is 590 g/mol. The highest BCUT2D eigenvalue weighted by Gasteiger charge is 2.18. The number of hydrogen-bond donors (Lipinski definition) is 0. The zero-order valence-electron chi connectivity index (χ0n) is 22.6. The third-order valence-electron chi connectivity index (χ3n) is 5.79. The van der Waals surface area contributed by atoms with E-state index in [1.807, 2.05) is 0 Å². The van der Waals surface area contributed by atoms with Gasteiger partial charge in [0.05, 0.1) is 64.3 Å². The van der Waals surface area contributed by atoms with Crippen LogP contribution in [0.4, 0.5) is 0 Å². The minimum absolute atomic E-state index is 0.101. The molecule has 0 aliphatic heterocycles. The van der Waals surface area contributed by atoms with Gasteiger partial charge in [0.2, 0.25) is 0 Å². The third-order valence-corrected chi connectivity index (χ3v) is 8.05. The average molecular weight is 591 g/mol. The maximum atomic E-state index is 12.5. The molecule has 4 rings (SSSR count). The van der Waals surface area contributed by atoms with Crippen LogP contribution in [0, 0.1) is 0 Å². The molecule has 0 bridgehead atoms. The SMILES string of the molecule is COc1ccc(OC)c2sc(C(=O)OCCOCCOCCOC(=O)c3cc4c(OC)ccc(OC)c4s3)cc12.